The van der Waals surface area contributed by atoms with Gasteiger partial charge in [0.2, 0.25) is 0 Å². The monoisotopic (exact) mass is 363 g/mol. The van der Waals surface area contributed by atoms with Crippen molar-refractivity contribution in [1.82, 2.24) is 15.3 Å². The molecule has 1 aromatic heterocycles. The van der Waals surface area contributed by atoms with Crippen LogP contribution in [0.2, 0.25) is 10.0 Å². The Labute approximate surface area is 151 Å². The molecule has 0 spiro atoms. The van der Waals surface area contributed by atoms with Crippen molar-refractivity contribution in [2.75, 3.05) is 36.0 Å². The van der Waals surface area contributed by atoms with Gasteiger partial charge in [-0.25, -0.2) is 9.97 Å². The summed E-state index contributed by atoms with van der Waals surface area (Å²) in [6, 6.07) is 5.80. The molecule has 5 nitrogen and oxygen atoms in total. The van der Waals surface area contributed by atoms with Crippen molar-refractivity contribution in [3.63, 3.8) is 0 Å². The van der Waals surface area contributed by atoms with Crippen LogP contribution in [0.15, 0.2) is 18.2 Å². The highest BCUT2D eigenvalue weighted by Gasteiger charge is 2.25. The number of aromatic nitrogens is 2. The molecule has 3 heterocycles. The molecule has 1 aromatic carbocycles. The Bertz CT molecular complexity index is 772. The van der Waals surface area contributed by atoms with Crippen LogP contribution in [-0.4, -0.2) is 36.1 Å². The van der Waals surface area contributed by atoms with Crippen LogP contribution < -0.4 is 15.1 Å². The molecular weight excluding hydrogens is 345 g/mol. The summed E-state index contributed by atoms with van der Waals surface area (Å²) in [5, 5.41) is 4.61. The fraction of sp³-hybridized carbons (Fsp3) is 0.412. The first-order valence-corrected chi connectivity index (χ1v) is 8.90. The normalized spacial score (nSPS) is 17.3. The molecule has 1 saturated heterocycles. The second kappa shape index (κ2) is 6.39. The predicted octanol–water partition coefficient (Wildman–Crippen LogP) is 3.02. The minimum atomic E-state index is 0.604. The molecule has 24 heavy (non-hydrogen) atoms. The summed E-state index contributed by atoms with van der Waals surface area (Å²) in [4.78, 5) is 13.9. The molecule has 2 aliphatic heterocycles. The van der Waals surface area contributed by atoms with Crippen LogP contribution in [-0.2, 0) is 13.1 Å². The van der Waals surface area contributed by atoms with Gasteiger partial charge in [-0.3, -0.25) is 0 Å². The molecular formula is C17H19Cl2N5. The maximum absolute atomic E-state index is 6.36. The van der Waals surface area contributed by atoms with Crippen molar-refractivity contribution >= 4 is 34.7 Å². The van der Waals surface area contributed by atoms with Gasteiger partial charge < -0.3 is 15.1 Å². The number of rotatable bonds is 2. The third kappa shape index (κ3) is 2.81. The van der Waals surface area contributed by atoms with Crippen LogP contribution in [0.25, 0.3) is 0 Å². The summed E-state index contributed by atoms with van der Waals surface area (Å²) in [6.45, 7) is 7.26. The average molecular weight is 364 g/mol. The molecule has 7 heteroatoms. The fourth-order valence-corrected chi connectivity index (χ4v) is 3.84. The number of piperazine rings is 1. The Balaban J connectivity index is 1.54. The zero-order valence-corrected chi connectivity index (χ0v) is 15.0. The lowest BCUT2D eigenvalue weighted by atomic mass is 10.2. The quantitative estimate of drug-likeness (QED) is 0.888. The molecule has 0 aliphatic carbocycles. The Morgan fingerprint density at radius 3 is 2.54 bits per heavy atom. The summed E-state index contributed by atoms with van der Waals surface area (Å²) < 4.78 is 0. The topological polar surface area (TPSA) is 44.3 Å². The Hall–Kier alpha value is -1.56. The Morgan fingerprint density at radius 1 is 1.00 bits per heavy atom. The molecule has 2 aliphatic rings. The first-order chi connectivity index (χ1) is 11.6. The number of halogens is 2. The first kappa shape index (κ1) is 15.9. The van der Waals surface area contributed by atoms with Gasteiger partial charge >= 0.3 is 0 Å². The van der Waals surface area contributed by atoms with E-state index in [9.17, 15) is 0 Å². The molecule has 1 fully saturated rings. The lowest BCUT2D eigenvalue weighted by Gasteiger charge is -2.37. The van der Waals surface area contributed by atoms with Crippen molar-refractivity contribution < 1.29 is 0 Å². The molecule has 2 aromatic rings. The van der Waals surface area contributed by atoms with Gasteiger partial charge in [-0.2, -0.15) is 0 Å². The van der Waals surface area contributed by atoms with Gasteiger partial charge in [-0.15, -0.1) is 0 Å². The summed E-state index contributed by atoms with van der Waals surface area (Å²) in [6.07, 6.45) is 0. The Kier molecular flexibility index (Phi) is 4.24. The van der Waals surface area contributed by atoms with Crippen LogP contribution >= 0.6 is 23.2 Å². The lowest BCUT2D eigenvalue weighted by Crippen LogP contribution is -2.47. The second-order valence-electron chi connectivity index (χ2n) is 6.17. The summed E-state index contributed by atoms with van der Waals surface area (Å²) in [5.74, 6) is 1.92. The van der Waals surface area contributed by atoms with E-state index in [1.54, 1.807) is 0 Å². The number of hydrogen-bond donors (Lipinski definition) is 1. The maximum Gasteiger partial charge on any atom is 0.137 e. The van der Waals surface area contributed by atoms with E-state index in [-0.39, 0.29) is 0 Å². The van der Waals surface area contributed by atoms with E-state index < -0.39 is 0 Å². The highest BCUT2D eigenvalue weighted by molar-refractivity contribution is 6.43. The molecule has 0 unspecified atom stereocenters. The SMILES string of the molecule is Cc1nc2c(c(N3CCN(c4cccc(Cl)c4Cl)CC3)n1)CNC2. The van der Waals surface area contributed by atoms with Gasteiger partial charge in [0.15, 0.2) is 0 Å². The zero-order chi connectivity index (χ0) is 16.7. The third-order valence-electron chi connectivity index (χ3n) is 4.63. The summed E-state index contributed by atoms with van der Waals surface area (Å²) in [7, 11) is 0. The predicted molar refractivity (Wildman–Crippen MR) is 98.2 cm³/mol. The highest BCUT2D eigenvalue weighted by Crippen LogP contribution is 2.33. The number of nitrogens with one attached hydrogen (secondary N) is 1. The van der Waals surface area contributed by atoms with Gasteiger partial charge in [0.05, 0.1) is 21.4 Å². The summed E-state index contributed by atoms with van der Waals surface area (Å²) >= 11 is 12.5. The van der Waals surface area contributed by atoms with Crippen LogP contribution in [0.4, 0.5) is 11.5 Å². The molecule has 0 saturated carbocycles. The number of nitrogens with zero attached hydrogens (tertiary/aromatic N) is 4. The average Bonchev–Trinajstić information content (AvgIpc) is 3.05. The van der Waals surface area contributed by atoms with Crippen LogP contribution in [0, 0.1) is 6.92 Å². The lowest BCUT2D eigenvalue weighted by molar-refractivity contribution is 0.642. The van der Waals surface area contributed by atoms with E-state index >= 15 is 0 Å². The smallest absolute Gasteiger partial charge is 0.137 e. The van der Waals surface area contributed by atoms with Crippen molar-refractivity contribution in [3.05, 3.63) is 45.3 Å². The maximum atomic E-state index is 6.36. The number of anilines is 2. The highest BCUT2D eigenvalue weighted by atomic mass is 35.5. The van der Waals surface area contributed by atoms with Crippen molar-refractivity contribution in [3.8, 4) is 0 Å². The largest absolute Gasteiger partial charge is 0.367 e. The van der Waals surface area contributed by atoms with Crippen LogP contribution in [0.3, 0.4) is 0 Å². The number of benzene rings is 1. The number of fused-ring (bicyclic) bond motifs is 1. The van der Waals surface area contributed by atoms with Gasteiger partial charge in [-0.1, -0.05) is 29.3 Å². The summed E-state index contributed by atoms with van der Waals surface area (Å²) in [5.41, 5.74) is 3.39. The van der Waals surface area contributed by atoms with Crippen LogP contribution in [0.1, 0.15) is 17.1 Å². The van der Waals surface area contributed by atoms with Gasteiger partial charge in [-0.05, 0) is 19.1 Å². The first-order valence-electron chi connectivity index (χ1n) is 8.14. The molecule has 126 valence electrons. The van der Waals surface area contributed by atoms with E-state index in [1.807, 2.05) is 25.1 Å². The van der Waals surface area contributed by atoms with E-state index in [0.29, 0.717) is 10.0 Å². The van der Waals surface area contributed by atoms with Crippen molar-refractivity contribution in [2.24, 2.45) is 0 Å². The van der Waals surface area contributed by atoms with E-state index in [1.165, 1.54) is 5.56 Å². The van der Waals surface area contributed by atoms with E-state index in [4.69, 9.17) is 28.2 Å². The van der Waals surface area contributed by atoms with Gasteiger partial charge in [0.25, 0.3) is 0 Å². The van der Waals surface area contributed by atoms with Crippen molar-refractivity contribution in [2.45, 2.75) is 20.0 Å². The molecule has 0 atom stereocenters. The minimum absolute atomic E-state index is 0.604. The number of aryl methyl sites for hydroxylation is 1. The van der Waals surface area contributed by atoms with Gasteiger partial charge in [0, 0.05) is 44.8 Å². The third-order valence-corrected chi connectivity index (χ3v) is 5.44. The molecule has 1 N–H and O–H groups in total. The van der Waals surface area contributed by atoms with E-state index in [0.717, 1.165) is 62.3 Å². The number of hydrogen-bond acceptors (Lipinski definition) is 5. The molecule has 0 radical (unpaired) electrons. The fourth-order valence-electron chi connectivity index (χ4n) is 3.43. The zero-order valence-electron chi connectivity index (χ0n) is 13.5. The standard InChI is InChI=1S/C17H19Cl2N5/c1-11-21-14-10-20-9-12(14)17(22-11)24-7-5-23(6-8-24)15-4-2-3-13(18)16(15)19/h2-4,20H,5-10H2,1H3. The Morgan fingerprint density at radius 2 is 1.75 bits per heavy atom. The van der Waals surface area contributed by atoms with Crippen LogP contribution in [0.5, 0.6) is 0 Å². The molecule has 0 amide bonds. The minimum Gasteiger partial charge on any atom is -0.367 e. The molecule has 4 rings (SSSR count). The van der Waals surface area contributed by atoms with Crippen molar-refractivity contribution in [1.29, 1.82) is 0 Å². The molecule has 0 bridgehead atoms. The second-order valence-corrected chi connectivity index (χ2v) is 6.96. The van der Waals surface area contributed by atoms with Gasteiger partial charge in [0.1, 0.15) is 11.6 Å². The van der Waals surface area contributed by atoms with E-state index in [2.05, 4.69) is 20.1 Å².